The molecule has 1 aromatic carbocycles. The van der Waals surface area contributed by atoms with Crippen LogP contribution in [0.1, 0.15) is 20.3 Å². The van der Waals surface area contributed by atoms with Gasteiger partial charge in [-0.3, -0.25) is 0 Å². The average molecular weight is 193 g/mol. The van der Waals surface area contributed by atoms with Gasteiger partial charge in [0.1, 0.15) is 5.75 Å². The van der Waals surface area contributed by atoms with E-state index in [1.165, 1.54) is 6.42 Å². The van der Waals surface area contributed by atoms with Crippen LogP contribution in [0.15, 0.2) is 24.3 Å². The normalized spacial score (nSPS) is 10.3. The largest absolute Gasteiger partial charge is 0.497 e. The van der Waals surface area contributed by atoms with Crippen LogP contribution < -0.4 is 10.1 Å². The molecule has 0 radical (unpaired) electrons. The van der Waals surface area contributed by atoms with Crippen molar-refractivity contribution in [3.05, 3.63) is 24.3 Å². The van der Waals surface area contributed by atoms with Crippen molar-refractivity contribution in [3.63, 3.8) is 0 Å². The predicted molar refractivity (Wildman–Crippen MR) is 60.9 cm³/mol. The summed E-state index contributed by atoms with van der Waals surface area (Å²) in [5, 5.41) is 3.37. The Bertz CT molecular complexity index is 254. The molecule has 0 saturated heterocycles. The van der Waals surface area contributed by atoms with Crippen molar-refractivity contribution in [2.24, 2.45) is 5.92 Å². The predicted octanol–water partition coefficient (Wildman–Crippen LogP) is 3.15. The van der Waals surface area contributed by atoms with Gasteiger partial charge in [-0.2, -0.15) is 0 Å². The Balaban J connectivity index is 2.36. The van der Waals surface area contributed by atoms with E-state index >= 15 is 0 Å². The molecule has 0 aromatic heterocycles. The number of benzene rings is 1. The van der Waals surface area contributed by atoms with Crippen LogP contribution in [-0.2, 0) is 0 Å². The van der Waals surface area contributed by atoms with E-state index in [9.17, 15) is 0 Å². The average Bonchev–Trinajstić information content (AvgIpc) is 2.18. The Morgan fingerprint density at radius 3 is 2.36 bits per heavy atom. The zero-order chi connectivity index (χ0) is 10.4. The van der Waals surface area contributed by atoms with Gasteiger partial charge in [0, 0.05) is 12.2 Å². The van der Waals surface area contributed by atoms with Crippen LogP contribution in [0.4, 0.5) is 5.69 Å². The molecule has 0 atom stereocenters. The van der Waals surface area contributed by atoms with Gasteiger partial charge in [-0.15, -0.1) is 0 Å². The second-order valence-corrected chi connectivity index (χ2v) is 3.84. The molecule has 0 amide bonds. The molecule has 0 spiro atoms. The second-order valence-electron chi connectivity index (χ2n) is 3.84. The Hall–Kier alpha value is -1.18. The van der Waals surface area contributed by atoms with Crippen molar-refractivity contribution in [2.45, 2.75) is 20.3 Å². The summed E-state index contributed by atoms with van der Waals surface area (Å²) in [6.45, 7) is 5.50. The summed E-state index contributed by atoms with van der Waals surface area (Å²) in [6, 6.07) is 8.02. The van der Waals surface area contributed by atoms with Gasteiger partial charge >= 0.3 is 0 Å². The Morgan fingerprint density at radius 1 is 1.21 bits per heavy atom. The first-order chi connectivity index (χ1) is 6.72. The molecule has 1 N–H and O–H groups in total. The Morgan fingerprint density at radius 2 is 1.86 bits per heavy atom. The minimum atomic E-state index is 0.751. The van der Waals surface area contributed by atoms with Crippen LogP contribution in [-0.4, -0.2) is 13.7 Å². The molecule has 0 fully saturated rings. The van der Waals surface area contributed by atoms with E-state index in [2.05, 4.69) is 19.2 Å². The monoisotopic (exact) mass is 193 g/mol. The van der Waals surface area contributed by atoms with Gasteiger partial charge < -0.3 is 10.1 Å². The number of nitrogens with one attached hydrogen (secondary N) is 1. The molecular weight excluding hydrogens is 174 g/mol. The number of anilines is 1. The topological polar surface area (TPSA) is 21.3 Å². The first kappa shape index (κ1) is 10.9. The van der Waals surface area contributed by atoms with Crippen LogP contribution in [0.2, 0.25) is 0 Å². The first-order valence-electron chi connectivity index (χ1n) is 5.10. The highest BCUT2D eigenvalue weighted by Gasteiger charge is 1.95. The molecular formula is C12H19NO. The molecule has 0 heterocycles. The van der Waals surface area contributed by atoms with Crippen LogP contribution in [0.3, 0.4) is 0 Å². The van der Waals surface area contributed by atoms with Crippen molar-refractivity contribution in [3.8, 4) is 5.75 Å². The van der Waals surface area contributed by atoms with Crippen molar-refractivity contribution in [1.82, 2.24) is 0 Å². The summed E-state index contributed by atoms with van der Waals surface area (Å²) in [7, 11) is 1.68. The highest BCUT2D eigenvalue weighted by molar-refractivity contribution is 5.46. The lowest BCUT2D eigenvalue weighted by molar-refractivity contribution is 0.415. The van der Waals surface area contributed by atoms with Crippen LogP contribution >= 0.6 is 0 Å². The van der Waals surface area contributed by atoms with Crippen LogP contribution in [0.25, 0.3) is 0 Å². The molecule has 0 aliphatic carbocycles. The van der Waals surface area contributed by atoms with Crippen molar-refractivity contribution >= 4 is 5.69 Å². The molecule has 1 aromatic rings. The van der Waals surface area contributed by atoms with E-state index in [0.29, 0.717) is 0 Å². The van der Waals surface area contributed by atoms with Crippen LogP contribution in [0, 0.1) is 5.92 Å². The standard InChI is InChI=1S/C12H19NO/c1-10(2)8-9-13-11-4-6-12(14-3)7-5-11/h4-7,10,13H,8-9H2,1-3H3. The lowest BCUT2D eigenvalue weighted by atomic mass is 10.1. The number of hydrogen-bond acceptors (Lipinski definition) is 2. The summed E-state index contributed by atoms with van der Waals surface area (Å²) in [5.41, 5.74) is 1.16. The lowest BCUT2D eigenvalue weighted by Gasteiger charge is -2.08. The van der Waals surface area contributed by atoms with E-state index in [1.807, 2.05) is 24.3 Å². The van der Waals surface area contributed by atoms with Gasteiger partial charge in [0.2, 0.25) is 0 Å². The maximum absolute atomic E-state index is 5.08. The van der Waals surface area contributed by atoms with Crippen molar-refractivity contribution in [2.75, 3.05) is 19.0 Å². The van der Waals surface area contributed by atoms with Crippen molar-refractivity contribution in [1.29, 1.82) is 0 Å². The number of ether oxygens (including phenoxy) is 1. The van der Waals surface area contributed by atoms with Gasteiger partial charge in [0.25, 0.3) is 0 Å². The fraction of sp³-hybridized carbons (Fsp3) is 0.500. The highest BCUT2D eigenvalue weighted by atomic mass is 16.5. The zero-order valence-electron chi connectivity index (χ0n) is 9.21. The first-order valence-corrected chi connectivity index (χ1v) is 5.10. The molecule has 2 nitrogen and oxygen atoms in total. The fourth-order valence-electron chi connectivity index (χ4n) is 1.21. The summed E-state index contributed by atoms with van der Waals surface area (Å²) in [6.07, 6.45) is 1.20. The number of methoxy groups -OCH3 is 1. The quantitative estimate of drug-likeness (QED) is 0.775. The molecule has 0 saturated carbocycles. The molecule has 0 unspecified atom stereocenters. The molecule has 78 valence electrons. The Labute approximate surface area is 86.3 Å². The third-order valence-electron chi connectivity index (χ3n) is 2.14. The Kier molecular flexibility index (Phi) is 4.30. The number of rotatable bonds is 5. The summed E-state index contributed by atoms with van der Waals surface area (Å²) >= 11 is 0. The summed E-state index contributed by atoms with van der Waals surface area (Å²) in [5.74, 6) is 1.65. The van der Waals surface area contributed by atoms with E-state index < -0.39 is 0 Å². The smallest absolute Gasteiger partial charge is 0.119 e. The lowest BCUT2D eigenvalue weighted by Crippen LogP contribution is -2.04. The van der Waals surface area contributed by atoms with Gasteiger partial charge in [-0.1, -0.05) is 13.8 Å². The van der Waals surface area contributed by atoms with Crippen molar-refractivity contribution < 1.29 is 4.74 Å². The maximum Gasteiger partial charge on any atom is 0.119 e. The van der Waals surface area contributed by atoms with Gasteiger partial charge in [-0.25, -0.2) is 0 Å². The molecule has 1 rings (SSSR count). The third-order valence-corrected chi connectivity index (χ3v) is 2.14. The SMILES string of the molecule is COc1ccc(NCCC(C)C)cc1. The van der Waals surface area contributed by atoms with Gasteiger partial charge in [-0.05, 0) is 36.6 Å². The maximum atomic E-state index is 5.08. The van der Waals surface area contributed by atoms with E-state index in [-0.39, 0.29) is 0 Å². The summed E-state index contributed by atoms with van der Waals surface area (Å²) < 4.78 is 5.08. The van der Waals surface area contributed by atoms with Gasteiger partial charge in [0.15, 0.2) is 0 Å². The minimum absolute atomic E-state index is 0.751. The molecule has 14 heavy (non-hydrogen) atoms. The van der Waals surface area contributed by atoms with E-state index in [1.54, 1.807) is 7.11 Å². The van der Waals surface area contributed by atoms with E-state index in [0.717, 1.165) is 23.9 Å². The number of hydrogen-bond donors (Lipinski definition) is 1. The third kappa shape index (κ3) is 3.69. The second kappa shape index (κ2) is 5.53. The molecule has 0 bridgehead atoms. The fourth-order valence-corrected chi connectivity index (χ4v) is 1.21. The summed E-state index contributed by atoms with van der Waals surface area (Å²) in [4.78, 5) is 0. The van der Waals surface area contributed by atoms with Gasteiger partial charge in [0.05, 0.1) is 7.11 Å². The molecule has 0 aliphatic rings. The van der Waals surface area contributed by atoms with E-state index in [4.69, 9.17) is 4.74 Å². The van der Waals surface area contributed by atoms with Crippen LogP contribution in [0.5, 0.6) is 5.75 Å². The zero-order valence-corrected chi connectivity index (χ0v) is 9.21. The molecule has 2 heteroatoms. The highest BCUT2D eigenvalue weighted by Crippen LogP contribution is 2.15. The molecule has 0 aliphatic heterocycles. The minimum Gasteiger partial charge on any atom is -0.497 e.